The van der Waals surface area contributed by atoms with Gasteiger partial charge < -0.3 is 29.4 Å². The van der Waals surface area contributed by atoms with Crippen LogP contribution in [0.3, 0.4) is 0 Å². The van der Waals surface area contributed by atoms with E-state index in [1.807, 2.05) is 22.8 Å². The predicted octanol–water partition coefficient (Wildman–Crippen LogP) is 6.14. The molecule has 4 aliphatic carbocycles. The highest BCUT2D eigenvalue weighted by Gasteiger charge is 2.62. The van der Waals surface area contributed by atoms with Gasteiger partial charge in [-0.15, -0.1) is 0 Å². The van der Waals surface area contributed by atoms with Crippen molar-refractivity contribution in [2.75, 3.05) is 31.2 Å². The Hall–Kier alpha value is -4.72. The molecule has 1 amide bonds. The van der Waals surface area contributed by atoms with Gasteiger partial charge in [0.1, 0.15) is 17.4 Å². The van der Waals surface area contributed by atoms with E-state index in [1.165, 1.54) is 6.07 Å². The third-order valence-electron chi connectivity index (χ3n) is 12.2. The molecule has 0 unspecified atom stereocenters. The molecular weight excluding hydrogens is 677 g/mol. The van der Waals surface area contributed by atoms with Crippen molar-refractivity contribution in [3.63, 3.8) is 0 Å². The molecule has 11 nitrogen and oxygen atoms in total. The van der Waals surface area contributed by atoms with Gasteiger partial charge in [-0.05, 0) is 86.1 Å². The van der Waals surface area contributed by atoms with Gasteiger partial charge >= 0.3 is 12.1 Å². The molecule has 6 aliphatic rings. The van der Waals surface area contributed by atoms with E-state index in [4.69, 9.17) is 9.47 Å². The molecule has 0 atom stereocenters. The maximum Gasteiger partial charge on any atom is 0.434 e. The van der Waals surface area contributed by atoms with E-state index in [1.54, 1.807) is 24.7 Å². The zero-order valence-corrected chi connectivity index (χ0v) is 28.4. The van der Waals surface area contributed by atoms with Crippen LogP contribution in [-0.2, 0) is 15.7 Å². The first kappa shape index (κ1) is 33.1. The average molecular weight is 717 g/mol. The maximum atomic E-state index is 14.7. The van der Waals surface area contributed by atoms with Gasteiger partial charge in [0.2, 0.25) is 5.95 Å². The number of carbonyl (C=O) groups is 2. The third-order valence-corrected chi connectivity index (χ3v) is 12.2. The highest BCUT2D eigenvalue weighted by Crippen LogP contribution is 2.58. The summed E-state index contributed by atoms with van der Waals surface area (Å²) in [4.78, 5) is 41.5. The lowest BCUT2D eigenvalue weighted by Gasteiger charge is -2.59. The first-order chi connectivity index (χ1) is 25.1. The van der Waals surface area contributed by atoms with Crippen LogP contribution in [0.4, 0.5) is 19.1 Å². The molecule has 0 spiro atoms. The molecule has 1 aromatic carbocycles. The normalized spacial score (nSPS) is 27.5. The van der Waals surface area contributed by atoms with Crippen LogP contribution in [0.25, 0.3) is 22.2 Å². The van der Waals surface area contributed by atoms with Crippen LogP contribution in [-0.4, -0.2) is 74.4 Å². The van der Waals surface area contributed by atoms with Gasteiger partial charge in [-0.1, -0.05) is 0 Å². The van der Waals surface area contributed by atoms with Crippen molar-refractivity contribution in [2.45, 2.75) is 68.8 Å². The number of carbonyl (C=O) groups excluding carboxylic acids is 1. The first-order valence-electron chi connectivity index (χ1n) is 18.1. The molecule has 10 rings (SSSR count). The molecule has 4 saturated carbocycles. The predicted molar refractivity (Wildman–Crippen MR) is 183 cm³/mol. The number of carboxylic acid groups (broad SMARTS) is 1. The van der Waals surface area contributed by atoms with Gasteiger partial charge in [0, 0.05) is 61.5 Å². The Balaban J connectivity index is 1.01. The summed E-state index contributed by atoms with van der Waals surface area (Å²) in [6, 6.07) is 9.89. The molecule has 3 aromatic heterocycles. The van der Waals surface area contributed by atoms with Crippen LogP contribution in [0.5, 0.6) is 5.75 Å². The van der Waals surface area contributed by atoms with Gasteiger partial charge in [-0.2, -0.15) is 13.2 Å². The van der Waals surface area contributed by atoms with Crippen LogP contribution >= 0.6 is 0 Å². The second-order valence-corrected chi connectivity index (χ2v) is 15.2. The molecular formula is C38H39F3N6O5. The molecule has 4 aromatic rings. The zero-order chi connectivity index (χ0) is 35.8. The number of halogens is 3. The lowest BCUT2D eigenvalue weighted by molar-refractivity contribution is -0.163. The van der Waals surface area contributed by atoms with Crippen LogP contribution in [0.1, 0.15) is 67.0 Å². The summed E-state index contributed by atoms with van der Waals surface area (Å²) in [6.07, 6.45) is 5.50. The number of benzene rings is 1. The lowest BCUT2D eigenvalue weighted by atomic mass is 9.48. The maximum absolute atomic E-state index is 14.7. The number of aliphatic carboxylic acids is 1. The van der Waals surface area contributed by atoms with Crippen molar-refractivity contribution < 1.29 is 37.3 Å². The largest absolute Gasteiger partial charge is 0.490 e. The Bertz CT molecular complexity index is 2000. The second kappa shape index (κ2) is 12.5. The SMILES string of the molecule is O=C(NC1(C(=O)O)C2CC3CC(C2)CC1C3)c1ccc(-c2cn(C3COC3)c3cc(OC4CCN(c5ncccn5)CC4)ccc23)nc1C(F)(F)F. The van der Waals surface area contributed by atoms with E-state index in [9.17, 15) is 27.9 Å². The quantitative estimate of drug-likeness (QED) is 0.221. The molecule has 4 bridgehead atoms. The molecule has 52 heavy (non-hydrogen) atoms. The number of hydrogen-bond donors (Lipinski definition) is 2. The molecule has 2 aliphatic heterocycles. The Morgan fingerprint density at radius 2 is 1.65 bits per heavy atom. The first-order valence-corrected chi connectivity index (χ1v) is 18.1. The Morgan fingerprint density at radius 1 is 0.962 bits per heavy atom. The van der Waals surface area contributed by atoms with Crippen molar-refractivity contribution in [3.8, 4) is 17.0 Å². The fourth-order valence-corrected chi connectivity index (χ4v) is 9.81. The fraction of sp³-hybridized carbons (Fsp3) is 0.500. The topological polar surface area (TPSA) is 132 Å². The minimum atomic E-state index is -4.97. The highest BCUT2D eigenvalue weighted by molar-refractivity contribution is 6.00. The van der Waals surface area contributed by atoms with Crippen molar-refractivity contribution in [2.24, 2.45) is 23.7 Å². The van der Waals surface area contributed by atoms with Gasteiger partial charge in [0.25, 0.3) is 5.91 Å². The standard InChI is InChI=1S/C38H39F3N6O5/c39-38(40,41)33-29(34(48)45-37(35(49)50)23-13-21-12-22(15-23)16-24(37)14-21)4-5-31(44-33)30-18-47(25-19-51-20-25)32-17-27(2-3-28(30)32)52-26-6-10-46(11-7-26)36-42-8-1-9-43-36/h1-5,8-9,17-18,21-26H,6-7,10-16,19-20H2,(H,45,48)(H,49,50). The summed E-state index contributed by atoms with van der Waals surface area (Å²) in [6.45, 7) is 2.42. The van der Waals surface area contributed by atoms with Crippen molar-refractivity contribution in [1.29, 1.82) is 0 Å². The number of anilines is 1. The van der Waals surface area contributed by atoms with Crippen LogP contribution < -0.4 is 15.0 Å². The number of hydrogen-bond acceptors (Lipinski definition) is 8. The highest BCUT2D eigenvalue weighted by atomic mass is 19.4. The molecule has 6 fully saturated rings. The number of carboxylic acids is 1. The molecule has 14 heteroatoms. The number of pyridine rings is 1. The molecule has 272 valence electrons. The molecule has 2 saturated heterocycles. The van der Waals surface area contributed by atoms with E-state index in [-0.39, 0.29) is 29.7 Å². The smallest absolute Gasteiger partial charge is 0.434 e. The van der Waals surface area contributed by atoms with E-state index >= 15 is 0 Å². The Labute approximate surface area is 297 Å². The summed E-state index contributed by atoms with van der Waals surface area (Å²) in [5.41, 5.74) is -2.30. The summed E-state index contributed by atoms with van der Waals surface area (Å²) in [7, 11) is 0. The summed E-state index contributed by atoms with van der Waals surface area (Å²) in [5, 5.41) is 13.8. The van der Waals surface area contributed by atoms with Crippen molar-refractivity contribution in [3.05, 3.63) is 66.2 Å². The number of nitrogens with one attached hydrogen (secondary N) is 1. The third kappa shape index (κ3) is 5.57. The minimum Gasteiger partial charge on any atom is -0.490 e. The average Bonchev–Trinajstić information content (AvgIpc) is 3.46. The van der Waals surface area contributed by atoms with Gasteiger partial charge in [-0.3, -0.25) is 4.79 Å². The monoisotopic (exact) mass is 716 g/mol. The summed E-state index contributed by atoms with van der Waals surface area (Å²) >= 11 is 0. The number of amides is 1. The van der Waals surface area contributed by atoms with E-state index < -0.39 is 34.8 Å². The van der Waals surface area contributed by atoms with E-state index in [2.05, 4.69) is 25.2 Å². The number of nitrogens with zero attached hydrogens (tertiary/aromatic N) is 5. The van der Waals surface area contributed by atoms with Crippen LogP contribution in [0.15, 0.2) is 55.0 Å². The van der Waals surface area contributed by atoms with Crippen LogP contribution in [0.2, 0.25) is 0 Å². The second-order valence-electron chi connectivity index (χ2n) is 15.2. The lowest BCUT2D eigenvalue weighted by Crippen LogP contribution is -2.70. The molecule has 0 radical (unpaired) electrons. The number of rotatable bonds is 8. The van der Waals surface area contributed by atoms with Crippen molar-refractivity contribution >= 4 is 28.7 Å². The number of fused-ring (bicyclic) bond motifs is 1. The van der Waals surface area contributed by atoms with Gasteiger partial charge in [0.05, 0.1) is 36.0 Å². The molecule has 5 heterocycles. The number of piperidine rings is 1. The summed E-state index contributed by atoms with van der Waals surface area (Å²) < 4.78 is 58.0. The van der Waals surface area contributed by atoms with Gasteiger partial charge in [-0.25, -0.2) is 19.7 Å². The van der Waals surface area contributed by atoms with E-state index in [0.717, 1.165) is 43.9 Å². The fourth-order valence-electron chi connectivity index (χ4n) is 9.81. The number of ether oxygens (including phenoxy) is 2. The Kier molecular flexibility index (Phi) is 7.94. The minimum absolute atomic E-state index is 0.0130. The van der Waals surface area contributed by atoms with Crippen LogP contribution in [0, 0.1) is 23.7 Å². The zero-order valence-electron chi connectivity index (χ0n) is 28.4. The number of aromatic nitrogens is 4. The van der Waals surface area contributed by atoms with Crippen molar-refractivity contribution in [1.82, 2.24) is 24.8 Å². The Morgan fingerprint density at radius 3 is 2.27 bits per heavy atom. The van der Waals surface area contributed by atoms with E-state index in [0.29, 0.717) is 73.4 Å². The number of alkyl halides is 3. The van der Waals surface area contributed by atoms with Gasteiger partial charge in [0.15, 0.2) is 5.69 Å². The molecule has 2 N–H and O–H groups in total. The summed E-state index contributed by atoms with van der Waals surface area (Å²) in [5.74, 6) is -0.681.